The molecule has 1 aromatic carbocycles. The second-order valence-corrected chi connectivity index (χ2v) is 5.10. The molecule has 3 heteroatoms. The van der Waals surface area contributed by atoms with Crippen LogP contribution in [0.1, 0.15) is 54.4 Å². The summed E-state index contributed by atoms with van der Waals surface area (Å²) < 4.78 is 13.8. The lowest BCUT2D eigenvalue weighted by Gasteiger charge is -2.16. The van der Waals surface area contributed by atoms with E-state index in [0.717, 1.165) is 25.7 Å². The van der Waals surface area contributed by atoms with Crippen LogP contribution in [0.25, 0.3) is 0 Å². The van der Waals surface area contributed by atoms with Gasteiger partial charge in [0.15, 0.2) is 0 Å². The highest BCUT2D eigenvalue weighted by Gasteiger charge is 2.18. The molecule has 0 spiro atoms. The Hall–Kier alpha value is -1.38. The highest BCUT2D eigenvalue weighted by molar-refractivity contribution is 5.94. The molecule has 98 valence electrons. The van der Waals surface area contributed by atoms with Gasteiger partial charge in [0.25, 0.3) is 5.91 Å². The van der Waals surface area contributed by atoms with Crippen LogP contribution in [0.4, 0.5) is 4.39 Å². The van der Waals surface area contributed by atoms with Crippen molar-refractivity contribution in [3.8, 4) is 0 Å². The number of benzene rings is 1. The fourth-order valence-corrected chi connectivity index (χ4v) is 2.51. The first kappa shape index (κ1) is 13.1. The largest absolute Gasteiger partial charge is 0.349 e. The van der Waals surface area contributed by atoms with E-state index in [9.17, 15) is 9.18 Å². The third kappa shape index (κ3) is 3.09. The van der Waals surface area contributed by atoms with Crippen LogP contribution in [-0.4, -0.2) is 11.9 Å². The molecular formula is C15H20FNO. The van der Waals surface area contributed by atoms with Gasteiger partial charge in [-0.15, -0.1) is 0 Å². The monoisotopic (exact) mass is 249 g/mol. The number of carbonyl (C=O) groups is 1. The van der Waals surface area contributed by atoms with Crippen molar-refractivity contribution in [2.24, 2.45) is 0 Å². The van der Waals surface area contributed by atoms with Gasteiger partial charge < -0.3 is 5.32 Å². The second kappa shape index (κ2) is 5.98. The van der Waals surface area contributed by atoms with E-state index in [1.807, 2.05) is 0 Å². The highest BCUT2D eigenvalue weighted by atomic mass is 19.1. The number of hydrogen-bond donors (Lipinski definition) is 1. The molecule has 1 aromatic rings. The molecule has 1 amide bonds. The molecular weight excluding hydrogens is 229 g/mol. The number of hydrogen-bond acceptors (Lipinski definition) is 1. The van der Waals surface area contributed by atoms with Crippen LogP contribution >= 0.6 is 0 Å². The van der Waals surface area contributed by atoms with E-state index in [4.69, 9.17) is 0 Å². The Morgan fingerprint density at radius 1 is 1.22 bits per heavy atom. The third-order valence-electron chi connectivity index (χ3n) is 3.63. The molecule has 1 N–H and O–H groups in total. The van der Waals surface area contributed by atoms with E-state index in [-0.39, 0.29) is 17.5 Å². The van der Waals surface area contributed by atoms with Crippen LogP contribution < -0.4 is 5.32 Å². The Bertz CT molecular complexity index is 423. The van der Waals surface area contributed by atoms with E-state index >= 15 is 0 Å². The van der Waals surface area contributed by atoms with Crippen molar-refractivity contribution in [2.75, 3.05) is 0 Å². The number of halogens is 1. The Balaban J connectivity index is 2.04. The zero-order valence-electron chi connectivity index (χ0n) is 10.8. The van der Waals surface area contributed by atoms with Gasteiger partial charge in [-0.2, -0.15) is 0 Å². The summed E-state index contributed by atoms with van der Waals surface area (Å²) >= 11 is 0. The van der Waals surface area contributed by atoms with Crippen LogP contribution in [0.3, 0.4) is 0 Å². The molecule has 18 heavy (non-hydrogen) atoms. The fourth-order valence-electron chi connectivity index (χ4n) is 2.51. The summed E-state index contributed by atoms with van der Waals surface area (Å²) in [5.74, 6) is -0.674. The maximum absolute atomic E-state index is 13.8. The predicted molar refractivity (Wildman–Crippen MR) is 70.1 cm³/mol. The van der Waals surface area contributed by atoms with Crippen molar-refractivity contribution in [3.63, 3.8) is 0 Å². The van der Waals surface area contributed by atoms with E-state index in [0.29, 0.717) is 5.56 Å². The molecule has 0 unspecified atom stereocenters. The van der Waals surface area contributed by atoms with Gasteiger partial charge in [-0.1, -0.05) is 37.8 Å². The van der Waals surface area contributed by atoms with Crippen molar-refractivity contribution in [2.45, 2.75) is 51.5 Å². The lowest BCUT2D eigenvalue weighted by Crippen LogP contribution is -2.35. The van der Waals surface area contributed by atoms with Gasteiger partial charge >= 0.3 is 0 Å². The fraction of sp³-hybridized carbons (Fsp3) is 0.533. The second-order valence-electron chi connectivity index (χ2n) is 5.10. The smallest absolute Gasteiger partial charge is 0.254 e. The van der Waals surface area contributed by atoms with E-state index < -0.39 is 5.82 Å². The molecule has 0 atom stereocenters. The van der Waals surface area contributed by atoms with Gasteiger partial charge in [-0.3, -0.25) is 4.79 Å². The maximum atomic E-state index is 13.8. The average Bonchev–Trinajstić information content (AvgIpc) is 2.61. The SMILES string of the molecule is Cc1cccc(C(=O)NC2CCCCCC2)c1F. The van der Waals surface area contributed by atoms with Crippen LogP contribution in [-0.2, 0) is 0 Å². The first-order chi connectivity index (χ1) is 8.68. The molecule has 2 nitrogen and oxygen atoms in total. The third-order valence-corrected chi connectivity index (χ3v) is 3.63. The number of carbonyl (C=O) groups excluding carboxylic acids is 1. The summed E-state index contributed by atoms with van der Waals surface area (Å²) in [5, 5.41) is 2.96. The number of rotatable bonds is 2. The van der Waals surface area contributed by atoms with Crippen molar-refractivity contribution < 1.29 is 9.18 Å². The van der Waals surface area contributed by atoms with Crippen LogP contribution in [0.5, 0.6) is 0 Å². The van der Waals surface area contributed by atoms with Gasteiger partial charge in [-0.25, -0.2) is 4.39 Å². The number of aryl methyl sites for hydroxylation is 1. The van der Waals surface area contributed by atoms with Gasteiger partial charge in [0.1, 0.15) is 5.82 Å². The molecule has 1 aliphatic carbocycles. The predicted octanol–water partition coefficient (Wildman–Crippen LogP) is 3.59. The first-order valence-corrected chi connectivity index (χ1v) is 6.74. The molecule has 0 heterocycles. The zero-order chi connectivity index (χ0) is 13.0. The van der Waals surface area contributed by atoms with E-state index in [1.54, 1.807) is 25.1 Å². The Morgan fingerprint density at radius 3 is 2.56 bits per heavy atom. The Labute approximate surface area is 108 Å². The number of nitrogens with one attached hydrogen (secondary N) is 1. The normalized spacial score (nSPS) is 17.2. The van der Waals surface area contributed by atoms with Gasteiger partial charge in [-0.05, 0) is 31.4 Å². The molecule has 0 aliphatic heterocycles. The summed E-state index contributed by atoms with van der Waals surface area (Å²) in [5.41, 5.74) is 0.683. The van der Waals surface area contributed by atoms with E-state index in [1.165, 1.54) is 12.8 Å². The molecule has 0 saturated heterocycles. The quantitative estimate of drug-likeness (QED) is 0.797. The van der Waals surface area contributed by atoms with Gasteiger partial charge in [0, 0.05) is 6.04 Å². The van der Waals surface area contributed by atoms with Crippen LogP contribution in [0, 0.1) is 12.7 Å². The average molecular weight is 249 g/mol. The summed E-state index contributed by atoms with van der Waals surface area (Å²) in [6.45, 7) is 1.68. The van der Waals surface area contributed by atoms with Crippen molar-refractivity contribution in [1.82, 2.24) is 5.32 Å². The molecule has 1 aliphatic rings. The molecule has 2 rings (SSSR count). The van der Waals surface area contributed by atoms with Crippen molar-refractivity contribution >= 4 is 5.91 Å². The van der Waals surface area contributed by atoms with Gasteiger partial charge in [0.05, 0.1) is 5.56 Å². The Morgan fingerprint density at radius 2 is 1.89 bits per heavy atom. The minimum absolute atomic E-state index is 0.166. The minimum Gasteiger partial charge on any atom is -0.349 e. The maximum Gasteiger partial charge on any atom is 0.254 e. The molecule has 1 fully saturated rings. The molecule has 1 saturated carbocycles. The van der Waals surface area contributed by atoms with Gasteiger partial charge in [0.2, 0.25) is 0 Å². The lowest BCUT2D eigenvalue weighted by molar-refractivity contribution is 0.0929. The zero-order valence-corrected chi connectivity index (χ0v) is 10.8. The number of amides is 1. The topological polar surface area (TPSA) is 29.1 Å². The first-order valence-electron chi connectivity index (χ1n) is 6.74. The minimum atomic E-state index is -0.399. The Kier molecular flexibility index (Phi) is 4.34. The molecule has 0 radical (unpaired) electrons. The lowest BCUT2D eigenvalue weighted by atomic mass is 10.1. The highest BCUT2D eigenvalue weighted by Crippen LogP contribution is 2.18. The van der Waals surface area contributed by atoms with Crippen molar-refractivity contribution in [1.29, 1.82) is 0 Å². The summed E-state index contributed by atoms with van der Waals surface area (Å²) in [6, 6.07) is 5.16. The van der Waals surface area contributed by atoms with E-state index in [2.05, 4.69) is 5.32 Å². The summed E-state index contributed by atoms with van der Waals surface area (Å²) in [6.07, 6.45) is 6.82. The van der Waals surface area contributed by atoms with Crippen LogP contribution in [0.2, 0.25) is 0 Å². The van der Waals surface area contributed by atoms with Crippen molar-refractivity contribution in [3.05, 3.63) is 35.1 Å². The molecule has 0 aromatic heterocycles. The summed E-state index contributed by atoms with van der Waals surface area (Å²) in [4.78, 5) is 12.0. The molecule has 0 bridgehead atoms. The standard InChI is InChI=1S/C15H20FNO/c1-11-7-6-10-13(14(11)16)15(18)17-12-8-4-2-3-5-9-12/h6-7,10,12H,2-5,8-9H2,1H3,(H,17,18). The summed E-state index contributed by atoms with van der Waals surface area (Å²) in [7, 11) is 0. The van der Waals surface area contributed by atoms with Crippen LogP contribution in [0.15, 0.2) is 18.2 Å².